The molecule has 0 N–H and O–H groups in total. The SMILES string of the molecule is CCOCC1=CSC2=CCCCN12. The van der Waals surface area contributed by atoms with Crippen LogP contribution in [-0.2, 0) is 4.74 Å². The molecular weight excluding hydrogens is 182 g/mol. The highest BCUT2D eigenvalue weighted by Crippen LogP contribution is 2.37. The summed E-state index contributed by atoms with van der Waals surface area (Å²) in [5.41, 5.74) is 1.33. The summed E-state index contributed by atoms with van der Waals surface area (Å²) in [6.07, 6.45) is 4.83. The monoisotopic (exact) mass is 197 g/mol. The molecule has 2 aliphatic rings. The van der Waals surface area contributed by atoms with Gasteiger partial charge in [0.05, 0.1) is 17.3 Å². The third-order valence-corrected chi connectivity index (χ3v) is 3.31. The van der Waals surface area contributed by atoms with Gasteiger partial charge in [0.25, 0.3) is 0 Å². The molecule has 0 saturated heterocycles. The summed E-state index contributed by atoms with van der Waals surface area (Å²) in [7, 11) is 0. The molecule has 0 saturated carbocycles. The van der Waals surface area contributed by atoms with Gasteiger partial charge in [0.1, 0.15) is 0 Å². The van der Waals surface area contributed by atoms with Crippen LogP contribution in [0, 0.1) is 0 Å². The number of nitrogens with zero attached hydrogens (tertiary/aromatic N) is 1. The van der Waals surface area contributed by atoms with E-state index in [0.717, 1.165) is 19.8 Å². The minimum Gasteiger partial charge on any atom is -0.376 e. The van der Waals surface area contributed by atoms with Crippen molar-refractivity contribution in [2.45, 2.75) is 19.8 Å². The lowest BCUT2D eigenvalue weighted by Crippen LogP contribution is -2.24. The molecule has 2 rings (SSSR count). The summed E-state index contributed by atoms with van der Waals surface area (Å²) in [6, 6.07) is 0. The Morgan fingerprint density at radius 2 is 2.54 bits per heavy atom. The van der Waals surface area contributed by atoms with Gasteiger partial charge in [0, 0.05) is 13.2 Å². The molecule has 0 amide bonds. The molecule has 0 radical (unpaired) electrons. The molecule has 0 unspecified atom stereocenters. The van der Waals surface area contributed by atoms with Crippen LogP contribution >= 0.6 is 11.8 Å². The van der Waals surface area contributed by atoms with Crippen molar-refractivity contribution in [2.75, 3.05) is 19.8 Å². The van der Waals surface area contributed by atoms with E-state index in [4.69, 9.17) is 4.74 Å². The molecule has 2 heterocycles. The van der Waals surface area contributed by atoms with Gasteiger partial charge in [0.2, 0.25) is 0 Å². The third kappa shape index (κ3) is 1.92. The largest absolute Gasteiger partial charge is 0.376 e. The second kappa shape index (κ2) is 4.20. The Hall–Kier alpha value is -0.410. The fraction of sp³-hybridized carbons (Fsp3) is 0.600. The number of allylic oxidation sites excluding steroid dienone is 1. The molecule has 0 fully saturated rings. The molecular formula is C10H15NOS. The van der Waals surface area contributed by atoms with Crippen molar-refractivity contribution in [1.29, 1.82) is 0 Å². The number of hydrogen-bond acceptors (Lipinski definition) is 3. The number of ether oxygens (including phenoxy) is 1. The van der Waals surface area contributed by atoms with Crippen molar-refractivity contribution < 1.29 is 4.74 Å². The zero-order valence-electron chi connectivity index (χ0n) is 7.95. The smallest absolute Gasteiger partial charge is 0.0873 e. The molecule has 72 valence electrons. The molecule has 2 aliphatic heterocycles. The highest BCUT2D eigenvalue weighted by Gasteiger charge is 2.22. The fourth-order valence-corrected chi connectivity index (χ4v) is 2.60. The van der Waals surface area contributed by atoms with Crippen LogP contribution in [0.2, 0.25) is 0 Å². The summed E-state index contributed by atoms with van der Waals surface area (Å²) in [6.45, 7) is 4.77. The average molecular weight is 197 g/mol. The molecule has 0 bridgehead atoms. The van der Waals surface area contributed by atoms with Gasteiger partial charge in [-0.3, -0.25) is 0 Å². The minimum absolute atomic E-state index is 0.765. The maximum atomic E-state index is 5.42. The quantitative estimate of drug-likeness (QED) is 0.690. The molecule has 0 aromatic rings. The first-order valence-electron chi connectivity index (χ1n) is 4.83. The second-order valence-electron chi connectivity index (χ2n) is 3.20. The zero-order valence-corrected chi connectivity index (χ0v) is 8.77. The van der Waals surface area contributed by atoms with Gasteiger partial charge in [-0.15, -0.1) is 0 Å². The lowest BCUT2D eigenvalue weighted by atomic mass is 10.2. The highest BCUT2D eigenvalue weighted by atomic mass is 32.2. The van der Waals surface area contributed by atoms with Crippen LogP contribution in [0.4, 0.5) is 0 Å². The van der Waals surface area contributed by atoms with Crippen molar-refractivity contribution in [1.82, 2.24) is 4.90 Å². The molecule has 13 heavy (non-hydrogen) atoms. The van der Waals surface area contributed by atoms with Crippen LogP contribution in [0.3, 0.4) is 0 Å². The maximum absolute atomic E-state index is 5.42. The Balaban J connectivity index is 1.98. The highest BCUT2D eigenvalue weighted by molar-refractivity contribution is 8.06. The predicted octanol–water partition coefficient (Wildman–Crippen LogP) is 2.55. The van der Waals surface area contributed by atoms with Crippen LogP contribution < -0.4 is 0 Å². The molecule has 0 atom stereocenters. The standard InChI is InChI=1S/C10H15NOS/c1-2-12-7-9-8-13-10-5-3-4-6-11(9)10/h5,8H,2-4,6-7H2,1H3. The van der Waals surface area contributed by atoms with Crippen LogP contribution in [0.15, 0.2) is 22.2 Å². The van der Waals surface area contributed by atoms with Crippen molar-refractivity contribution in [3.05, 3.63) is 22.2 Å². The van der Waals surface area contributed by atoms with E-state index in [1.807, 2.05) is 18.7 Å². The van der Waals surface area contributed by atoms with Crippen molar-refractivity contribution in [2.24, 2.45) is 0 Å². The molecule has 3 heteroatoms. The lowest BCUT2D eigenvalue weighted by Gasteiger charge is -2.26. The number of fused-ring (bicyclic) bond motifs is 1. The van der Waals surface area contributed by atoms with Crippen molar-refractivity contribution in [3.8, 4) is 0 Å². The normalized spacial score (nSPS) is 21.2. The number of hydrogen-bond donors (Lipinski definition) is 0. The molecule has 0 aliphatic carbocycles. The van der Waals surface area contributed by atoms with E-state index in [1.54, 1.807) is 0 Å². The maximum Gasteiger partial charge on any atom is 0.0873 e. The Labute approximate surface area is 83.6 Å². The van der Waals surface area contributed by atoms with E-state index >= 15 is 0 Å². The van der Waals surface area contributed by atoms with E-state index in [1.165, 1.54) is 23.6 Å². The van der Waals surface area contributed by atoms with E-state index in [0.29, 0.717) is 0 Å². The van der Waals surface area contributed by atoms with Gasteiger partial charge in [-0.05, 0) is 25.2 Å². The summed E-state index contributed by atoms with van der Waals surface area (Å²) in [5.74, 6) is 0. The Morgan fingerprint density at radius 3 is 3.38 bits per heavy atom. The van der Waals surface area contributed by atoms with Crippen LogP contribution in [0.1, 0.15) is 19.8 Å². The van der Waals surface area contributed by atoms with Crippen LogP contribution in [-0.4, -0.2) is 24.7 Å². The Bertz CT molecular complexity index is 247. The lowest BCUT2D eigenvalue weighted by molar-refractivity contribution is 0.153. The van der Waals surface area contributed by atoms with E-state index < -0.39 is 0 Å². The Kier molecular flexibility index (Phi) is 2.96. The van der Waals surface area contributed by atoms with Gasteiger partial charge in [-0.1, -0.05) is 17.8 Å². The van der Waals surface area contributed by atoms with Gasteiger partial charge in [-0.2, -0.15) is 0 Å². The molecule has 0 spiro atoms. The number of rotatable bonds is 3. The van der Waals surface area contributed by atoms with Crippen molar-refractivity contribution >= 4 is 11.8 Å². The summed E-state index contributed by atoms with van der Waals surface area (Å²) in [5, 5.41) is 3.62. The zero-order chi connectivity index (χ0) is 9.10. The Morgan fingerprint density at radius 1 is 1.62 bits per heavy atom. The predicted molar refractivity (Wildman–Crippen MR) is 56.2 cm³/mol. The molecule has 0 aromatic carbocycles. The fourth-order valence-electron chi connectivity index (χ4n) is 1.60. The first kappa shape index (κ1) is 9.16. The van der Waals surface area contributed by atoms with Gasteiger partial charge >= 0.3 is 0 Å². The van der Waals surface area contributed by atoms with E-state index in [-0.39, 0.29) is 0 Å². The summed E-state index contributed by atoms with van der Waals surface area (Å²) >= 11 is 1.83. The molecule has 0 aromatic heterocycles. The van der Waals surface area contributed by atoms with Crippen LogP contribution in [0.25, 0.3) is 0 Å². The number of thioether (sulfide) groups is 1. The summed E-state index contributed by atoms with van der Waals surface area (Å²) < 4.78 is 5.42. The third-order valence-electron chi connectivity index (χ3n) is 2.29. The van der Waals surface area contributed by atoms with E-state index in [2.05, 4.69) is 16.4 Å². The summed E-state index contributed by atoms with van der Waals surface area (Å²) in [4.78, 5) is 2.38. The molecule has 2 nitrogen and oxygen atoms in total. The minimum atomic E-state index is 0.765. The second-order valence-corrected chi connectivity index (χ2v) is 4.09. The van der Waals surface area contributed by atoms with Gasteiger partial charge in [0.15, 0.2) is 0 Å². The van der Waals surface area contributed by atoms with Gasteiger partial charge < -0.3 is 9.64 Å². The van der Waals surface area contributed by atoms with Gasteiger partial charge in [-0.25, -0.2) is 0 Å². The first-order valence-corrected chi connectivity index (χ1v) is 5.71. The van der Waals surface area contributed by atoms with Crippen LogP contribution in [0.5, 0.6) is 0 Å². The average Bonchev–Trinajstić information content (AvgIpc) is 2.58. The first-order chi connectivity index (χ1) is 6.42. The topological polar surface area (TPSA) is 12.5 Å². The van der Waals surface area contributed by atoms with E-state index in [9.17, 15) is 0 Å². The van der Waals surface area contributed by atoms with Crippen molar-refractivity contribution in [3.63, 3.8) is 0 Å².